The number of ether oxygens (including phenoxy) is 2. The van der Waals surface area contributed by atoms with E-state index >= 15 is 0 Å². The van der Waals surface area contributed by atoms with Crippen LogP contribution in [-0.2, 0) is 4.74 Å². The zero-order valence-electron chi connectivity index (χ0n) is 9.12. The van der Waals surface area contributed by atoms with Crippen LogP contribution in [0.4, 0.5) is 10.1 Å². The quantitative estimate of drug-likeness (QED) is 0.800. The minimum atomic E-state index is -0.410. The van der Waals surface area contributed by atoms with Crippen LogP contribution in [0.3, 0.4) is 0 Å². The van der Waals surface area contributed by atoms with Crippen LogP contribution >= 0.6 is 0 Å². The summed E-state index contributed by atoms with van der Waals surface area (Å²) in [4.78, 5) is 0. The Morgan fingerprint density at radius 3 is 3.06 bits per heavy atom. The Labute approximate surface area is 94.3 Å². The van der Waals surface area contributed by atoms with Gasteiger partial charge in [0.05, 0.1) is 18.4 Å². The number of benzene rings is 1. The molecule has 0 spiro atoms. The van der Waals surface area contributed by atoms with Crippen molar-refractivity contribution in [3.05, 3.63) is 24.0 Å². The SMILES string of the molecule is Nc1cccc(F)c1OCCC1CCCO1. The fourth-order valence-electron chi connectivity index (χ4n) is 1.84. The molecular weight excluding hydrogens is 209 g/mol. The highest BCUT2D eigenvalue weighted by molar-refractivity contribution is 5.52. The van der Waals surface area contributed by atoms with Gasteiger partial charge in [0.15, 0.2) is 11.6 Å². The molecule has 2 rings (SSSR count). The first-order chi connectivity index (χ1) is 7.77. The number of nitrogen functional groups attached to an aromatic ring is 1. The lowest BCUT2D eigenvalue weighted by atomic mass is 10.2. The highest BCUT2D eigenvalue weighted by atomic mass is 19.1. The van der Waals surface area contributed by atoms with E-state index in [1.54, 1.807) is 12.1 Å². The topological polar surface area (TPSA) is 44.5 Å². The third kappa shape index (κ3) is 2.64. The number of para-hydroxylation sites is 1. The van der Waals surface area contributed by atoms with Crippen molar-refractivity contribution in [2.45, 2.75) is 25.4 Å². The number of rotatable bonds is 4. The standard InChI is InChI=1S/C12H16FNO2/c13-10-4-1-5-11(14)12(10)16-8-6-9-3-2-7-15-9/h1,4-5,9H,2-3,6-8,14H2. The Balaban J connectivity index is 1.84. The van der Waals surface area contributed by atoms with Gasteiger partial charge in [-0.1, -0.05) is 6.07 Å². The summed E-state index contributed by atoms with van der Waals surface area (Å²) in [6.07, 6.45) is 3.21. The lowest BCUT2D eigenvalue weighted by Crippen LogP contribution is -2.11. The molecule has 1 aliphatic heterocycles. The van der Waals surface area contributed by atoms with Crippen molar-refractivity contribution in [3.63, 3.8) is 0 Å². The molecule has 1 unspecified atom stereocenters. The van der Waals surface area contributed by atoms with Gasteiger partial charge in [0.2, 0.25) is 0 Å². The summed E-state index contributed by atoms with van der Waals surface area (Å²) in [5, 5.41) is 0. The van der Waals surface area contributed by atoms with Gasteiger partial charge >= 0.3 is 0 Å². The largest absolute Gasteiger partial charge is 0.488 e. The first kappa shape index (κ1) is 11.2. The zero-order chi connectivity index (χ0) is 11.4. The maximum atomic E-state index is 13.3. The molecule has 0 aromatic heterocycles. The first-order valence-corrected chi connectivity index (χ1v) is 5.56. The van der Waals surface area contributed by atoms with Crippen LogP contribution in [0.1, 0.15) is 19.3 Å². The van der Waals surface area contributed by atoms with Crippen LogP contribution < -0.4 is 10.5 Å². The first-order valence-electron chi connectivity index (χ1n) is 5.56. The number of anilines is 1. The molecule has 1 fully saturated rings. The summed E-state index contributed by atoms with van der Waals surface area (Å²) >= 11 is 0. The van der Waals surface area contributed by atoms with Crippen molar-refractivity contribution < 1.29 is 13.9 Å². The molecule has 0 radical (unpaired) electrons. The Morgan fingerprint density at radius 2 is 2.38 bits per heavy atom. The molecule has 4 heteroatoms. The summed E-state index contributed by atoms with van der Waals surface area (Å²) in [6, 6.07) is 4.54. The molecule has 3 nitrogen and oxygen atoms in total. The monoisotopic (exact) mass is 225 g/mol. The predicted molar refractivity (Wildman–Crippen MR) is 59.9 cm³/mol. The van der Waals surface area contributed by atoms with Crippen LogP contribution in [0.2, 0.25) is 0 Å². The Bertz CT molecular complexity index is 331. The molecule has 1 aromatic carbocycles. The third-order valence-corrected chi connectivity index (χ3v) is 2.71. The zero-order valence-corrected chi connectivity index (χ0v) is 9.12. The Hall–Kier alpha value is -1.29. The summed E-state index contributed by atoms with van der Waals surface area (Å²) < 4.78 is 24.1. The summed E-state index contributed by atoms with van der Waals surface area (Å²) in [7, 11) is 0. The van der Waals surface area contributed by atoms with Gasteiger partial charge in [-0.25, -0.2) is 4.39 Å². The van der Waals surface area contributed by atoms with Crippen molar-refractivity contribution in [1.82, 2.24) is 0 Å². The molecule has 1 atom stereocenters. The van der Waals surface area contributed by atoms with Crippen molar-refractivity contribution in [3.8, 4) is 5.75 Å². The molecule has 16 heavy (non-hydrogen) atoms. The predicted octanol–water partition coefficient (Wildman–Crippen LogP) is 2.36. The van der Waals surface area contributed by atoms with Crippen LogP contribution in [0, 0.1) is 5.82 Å². The van der Waals surface area contributed by atoms with E-state index in [2.05, 4.69) is 0 Å². The molecule has 1 aliphatic rings. The highest BCUT2D eigenvalue weighted by Crippen LogP contribution is 2.25. The molecular formula is C12H16FNO2. The number of halogens is 1. The van der Waals surface area contributed by atoms with Crippen LogP contribution in [-0.4, -0.2) is 19.3 Å². The van der Waals surface area contributed by atoms with E-state index in [1.807, 2.05) is 0 Å². The van der Waals surface area contributed by atoms with Gasteiger partial charge in [0.25, 0.3) is 0 Å². The summed E-state index contributed by atoms with van der Waals surface area (Å²) in [5.41, 5.74) is 5.96. The lowest BCUT2D eigenvalue weighted by molar-refractivity contribution is 0.0898. The van der Waals surface area contributed by atoms with Gasteiger partial charge < -0.3 is 15.2 Å². The van der Waals surface area contributed by atoms with Crippen LogP contribution in [0.5, 0.6) is 5.75 Å². The van der Waals surface area contributed by atoms with E-state index < -0.39 is 5.82 Å². The maximum absolute atomic E-state index is 13.3. The smallest absolute Gasteiger partial charge is 0.177 e. The molecule has 2 N–H and O–H groups in total. The minimum Gasteiger partial charge on any atom is -0.488 e. The molecule has 1 aromatic rings. The minimum absolute atomic E-state index is 0.153. The van der Waals surface area contributed by atoms with Crippen LogP contribution in [0.25, 0.3) is 0 Å². The molecule has 0 aliphatic carbocycles. The Kier molecular flexibility index (Phi) is 3.62. The lowest BCUT2D eigenvalue weighted by Gasteiger charge is -2.12. The normalized spacial score (nSPS) is 19.9. The third-order valence-electron chi connectivity index (χ3n) is 2.71. The van der Waals surface area contributed by atoms with E-state index in [0.29, 0.717) is 12.3 Å². The van der Waals surface area contributed by atoms with Crippen molar-refractivity contribution in [2.75, 3.05) is 18.9 Å². The van der Waals surface area contributed by atoms with Gasteiger partial charge in [-0.2, -0.15) is 0 Å². The van der Waals surface area contributed by atoms with Gasteiger partial charge in [0.1, 0.15) is 0 Å². The van der Waals surface area contributed by atoms with Gasteiger partial charge in [-0.3, -0.25) is 0 Å². The van der Waals surface area contributed by atoms with E-state index in [9.17, 15) is 4.39 Å². The molecule has 1 heterocycles. The average Bonchev–Trinajstić information content (AvgIpc) is 2.75. The summed E-state index contributed by atoms with van der Waals surface area (Å²) in [6.45, 7) is 1.27. The van der Waals surface area contributed by atoms with Crippen LogP contribution in [0.15, 0.2) is 18.2 Å². The fraction of sp³-hybridized carbons (Fsp3) is 0.500. The highest BCUT2D eigenvalue weighted by Gasteiger charge is 2.16. The molecule has 0 amide bonds. The number of hydrogen-bond donors (Lipinski definition) is 1. The van der Waals surface area contributed by atoms with E-state index in [0.717, 1.165) is 25.9 Å². The van der Waals surface area contributed by atoms with Crippen molar-refractivity contribution in [2.24, 2.45) is 0 Å². The van der Waals surface area contributed by atoms with Gasteiger partial charge in [-0.15, -0.1) is 0 Å². The van der Waals surface area contributed by atoms with Crippen molar-refractivity contribution >= 4 is 5.69 Å². The van der Waals surface area contributed by atoms with Gasteiger partial charge in [0, 0.05) is 13.0 Å². The number of hydrogen-bond acceptors (Lipinski definition) is 3. The second-order valence-corrected chi connectivity index (χ2v) is 3.93. The fourth-order valence-corrected chi connectivity index (χ4v) is 1.84. The second-order valence-electron chi connectivity index (χ2n) is 3.93. The number of nitrogens with two attached hydrogens (primary N) is 1. The molecule has 0 saturated carbocycles. The average molecular weight is 225 g/mol. The maximum Gasteiger partial charge on any atom is 0.177 e. The Morgan fingerprint density at radius 1 is 1.50 bits per heavy atom. The van der Waals surface area contributed by atoms with E-state index in [1.165, 1.54) is 6.07 Å². The molecule has 88 valence electrons. The van der Waals surface area contributed by atoms with E-state index in [4.69, 9.17) is 15.2 Å². The summed E-state index contributed by atoms with van der Waals surface area (Å²) in [5.74, 6) is -0.257. The second kappa shape index (κ2) is 5.16. The molecule has 0 bridgehead atoms. The van der Waals surface area contributed by atoms with Crippen molar-refractivity contribution in [1.29, 1.82) is 0 Å². The van der Waals surface area contributed by atoms with Gasteiger partial charge in [-0.05, 0) is 25.0 Å². The molecule has 1 saturated heterocycles. The van der Waals surface area contributed by atoms with E-state index in [-0.39, 0.29) is 11.9 Å².